The van der Waals surface area contributed by atoms with Crippen molar-refractivity contribution in [3.8, 4) is 11.5 Å². The van der Waals surface area contributed by atoms with E-state index in [9.17, 15) is 4.79 Å². The lowest BCUT2D eigenvalue weighted by molar-refractivity contribution is -0.115. The molecule has 1 unspecified atom stereocenters. The lowest BCUT2D eigenvalue weighted by Gasteiger charge is -2.16. The fraction of sp³-hybridized carbons (Fsp3) is 0.316. The fourth-order valence-corrected chi connectivity index (χ4v) is 3.09. The number of nitrogens with one attached hydrogen (secondary N) is 1. The fourth-order valence-electron chi connectivity index (χ4n) is 2.22. The number of carbonyl (C=O) groups is 1. The van der Waals surface area contributed by atoms with Crippen molar-refractivity contribution in [2.75, 3.05) is 19.5 Å². The molecule has 0 heterocycles. The third-order valence-corrected chi connectivity index (χ3v) is 4.80. The van der Waals surface area contributed by atoms with Gasteiger partial charge >= 0.3 is 0 Å². The molecule has 5 heteroatoms. The van der Waals surface area contributed by atoms with E-state index in [1.807, 2.05) is 51.1 Å². The Balaban J connectivity index is 2.09. The van der Waals surface area contributed by atoms with E-state index < -0.39 is 0 Å². The first-order chi connectivity index (χ1) is 11.4. The van der Waals surface area contributed by atoms with Gasteiger partial charge in [0.05, 0.1) is 19.5 Å². The van der Waals surface area contributed by atoms with E-state index in [1.165, 1.54) is 17.3 Å². The number of benzene rings is 2. The average molecular weight is 345 g/mol. The summed E-state index contributed by atoms with van der Waals surface area (Å²) in [6.45, 7) is 5.87. The maximum absolute atomic E-state index is 12.5. The number of hydrogen-bond donors (Lipinski definition) is 1. The lowest BCUT2D eigenvalue weighted by atomic mass is 10.1. The summed E-state index contributed by atoms with van der Waals surface area (Å²) < 4.78 is 10.6. The summed E-state index contributed by atoms with van der Waals surface area (Å²) in [5.74, 6) is 1.20. The third kappa shape index (κ3) is 4.45. The van der Waals surface area contributed by atoms with Gasteiger partial charge in [0.1, 0.15) is 0 Å². The van der Waals surface area contributed by atoms with Gasteiger partial charge in [-0.05, 0) is 44.5 Å². The van der Waals surface area contributed by atoms with Crippen molar-refractivity contribution in [3.63, 3.8) is 0 Å². The molecule has 0 aromatic heterocycles. The van der Waals surface area contributed by atoms with Crippen LogP contribution < -0.4 is 14.8 Å². The molecule has 1 amide bonds. The second-order valence-corrected chi connectivity index (χ2v) is 7.00. The highest BCUT2D eigenvalue weighted by Gasteiger charge is 2.17. The minimum Gasteiger partial charge on any atom is -0.493 e. The molecule has 4 nitrogen and oxygen atoms in total. The minimum atomic E-state index is -0.208. The highest BCUT2D eigenvalue weighted by Crippen LogP contribution is 2.33. The summed E-state index contributed by atoms with van der Waals surface area (Å²) in [5, 5.41) is 2.76. The van der Waals surface area contributed by atoms with Crippen LogP contribution in [0.3, 0.4) is 0 Å². The van der Waals surface area contributed by atoms with Crippen molar-refractivity contribution in [2.45, 2.75) is 30.9 Å². The summed E-state index contributed by atoms with van der Waals surface area (Å²) in [7, 11) is 3.17. The van der Waals surface area contributed by atoms with E-state index in [0.717, 1.165) is 16.1 Å². The van der Waals surface area contributed by atoms with Gasteiger partial charge in [-0.3, -0.25) is 4.79 Å². The van der Waals surface area contributed by atoms with Crippen molar-refractivity contribution >= 4 is 23.4 Å². The molecule has 1 N–H and O–H groups in total. The quantitative estimate of drug-likeness (QED) is 0.786. The normalized spacial score (nSPS) is 11.7. The Kier molecular flexibility index (Phi) is 6.15. The molecule has 0 saturated heterocycles. The van der Waals surface area contributed by atoms with Crippen molar-refractivity contribution in [2.24, 2.45) is 0 Å². The molecule has 0 bridgehead atoms. The topological polar surface area (TPSA) is 47.6 Å². The van der Waals surface area contributed by atoms with Crippen LogP contribution in [-0.2, 0) is 4.79 Å². The van der Waals surface area contributed by atoms with Gasteiger partial charge in [-0.25, -0.2) is 0 Å². The Hall–Kier alpha value is -2.14. The van der Waals surface area contributed by atoms with Crippen molar-refractivity contribution in [1.82, 2.24) is 0 Å². The number of amides is 1. The predicted octanol–water partition coefficient (Wildman–Crippen LogP) is 4.44. The molecule has 0 radical (unpaired) electrons. The van der Waals surface area contributed by atoms with Crippen LogP contribution in [0.4, 0.5) is 5.69 Å². The third-order valence-electron chi connectivity index (χ3n) is 3.69. The van der Waals surface area contributed by atoms with E-state index >= 15 is 0 Å². The number of hydrogen-bond acceptors (Lipinski definition) is 4. The molecule has 0 aliphatic heterocycles. The molecule has 2 aromatic carbocycles. The van der Waals surface area contributed by atoms with Gasteiger partial charge in [0, 0.05) is 16.6 Å². The zero-order chi connectivity index (χ0) is 17.7. The molecule has 2 aromatic rings. The van der Waals surface area contributed by atoms with E-state index in [-0.39, 0.29) is 11.2 Å². The number of anilines is 1. The van der Waals surface area contributed by atoms with Crippen molar-refractivity contribution in [1.29, 1.82) is 0 Å². The zero-order valence-electron chi connectivity index (χ0n) is 14.7. The Morgan fingerprint density at radius 1 is 1.04 bits per heavy atom. The van der Waals surface area contributed by atoms with E-state index in [2.05, 4.69) is 5.32 Å². The van der Waals surface area contributed by atoms with Crippen LogP contribution >= 0.6 is 11.8 Å². The maximum atomic E-state index is 12.5. The summed E-state index contributed by atoms with van der Waals surface area (Å²) in [6, 6.07) is 11.8. The molecule has 2 rings (SSSR count). The molecule has 0 spiro atoms. The summed E-state index contributed by atoms with van der Waals surface area (Å²) >= 11 is 1.54. The highest BCUT2D eigenvalue weighted by atomic mass is 32.2. The van der Waals surface area contributed by atoms with Crippen LogP contribution in [0.25, 0.3) is 0 Å². The first-order valence-corrected chi connectivity index (χ1v) is 8.59. The monoisotopic (exact) mass is 345 g/mol. The van der Waals surface area contributed by atoms with Crippen LogP contribution in [0.1, 0.15) is 18.1 Å². The van der Waals surface area contributed by atoms with Gasteiger partial charge in [0.25, 0.3) is 0 Å². The summed E-state index contributed by atoms with van der Waals surface area (Å²) in [6.07, 6.45) is 0. The van der Waals surface area contributed by atoms with Crippen LogP contribution in [0.2, 0.25) is 0 Å². The lowest BCUT2D eigenvalue weighted by Crippen LogP contribution is -2.22. The second-order valence-electron chi connectivity index (χ2n) is 5.58. The minimum absolute atomic E-state index is 0.0455. The van der Waals surface area contributed by atoms with Gasteiger partial charge in [-0.1, -0.05) is 17.7 Å². The SMILES string of the molecule is COc1cc(C)c(NC(=O)C(C)Sc2ccc(C)cc2)cc1OC. The molecule has 0 aliphatic rings. The maximum Gasteiger partial charge on any atom is 0.237 e. The first-order valence-electron chi connectivity index (χ1n) is 7.71. The van der Waals surface area contributed by atoms with Crippen LogP contribution in [-0.4, -0.2) is 25.4 Å². The van der Waals surface area contributed by atoms with E-state index in [4.69, 9.17) is 9.47 Å². The molecule has 24 heavy (non-hydrogen) atoms. The van der Waals surface area contributed by atoms with Gasteiger partial charge < -0.3 is 14.8 Å². The number of carbonyl (C=O) groups excluding carboxylic acids is 1. The number of thioether (sulfide) groups is 1. The number of rotatable bonds is 6. The van der Waals surface area contributed by atoms with Crippen LogP contribution in [0.15, 0.2) is 41.3 Å². The van der Waals surface area contributed by atoms with Crippen LogP contribution in [0, 0.1) is 13.8 Å². The highest BCUT2D eigenvalue weighted by molar-refractivity contribution is 8.00. The number of ether oxygens (including phenoxy) is 2. The Morgan fingerprint density at radius 2 is 1.62 bits per heavy atom. The average Bonchev–Trinajstić information content (AvgIpc) is 2.58. The molecule has 0 fully saturated rings. The van der Waals surface area contributed by atoms with Gasteiger partial charge in [-0.2, -0.15) is 0 Å². The molecular weight excluding hydrogens is 322 g/mol. The van der Waals surface area contributed by atoms with Crippen molar-refractivity contribution < 1.29 is 14.3 Å². The first kappa shape index (κ1) is 18.2. The summed E-state index contributed by atoms with van der Waals surface area (Å²) in [5.41, 5.74) is 2.86. The molecule has 0 aliphatic carbocycles. The standard InChI is InChI=1S/C19H23NO3S/c1-12-6-8-15(9-7-12)24-14(3)19(21)20-16-11-18(23-5)17(22-4)10-13(16)2/h6-11,14H,1-5H3,(H,20,21). The number of methoxy groups -OCH3 is 2. The largest absolute Gasteiger partial charge is 0.493 e. The van der Waals surface area contributed by atoms with E-state index in [0.29, 0.717) is 11.5 Å². The number of aryl methyl sites for hydroxylation is 2. The van der Waals surface area contributed by atoms with E-state index in [1.54, 1.807) is 20.3 Å². The summed E-state index contributed by atoms with van der Waals surface area (Å²) in [4.78, 5) is 13.6. The zero-order valence-corrected chi connectivity index (χ0v) is 15.5. The smallest absolute Gasteiger partial charge is 0.237 e. The Labute approximate surface area is 147 Å². The van der Waals surface area contributed by atoms with Gasteiger partial charge in [0.2, 0.25) is 5.91 Å². The Morgan fingerprint density at radius 3 is 2.21 bits per heavy atom. The Bertz CT molecular complexity index is 713. The van der Waals surface area contributed by atoms with Crippen molar-refractivity contribution in [3.05, 3.63) is 47.5 Å². The van der Waals surface area contributed by atoms with Gasteiger partial charge in [0.15, 0.2) is 11.5 Å². The molecule has 0 saturated carbocycles. The van der Waals surface area contributed by atoms with Gasteiger partial charge in [-0.15, -0.1) is 11.8 Å². The predicted molar refractivity (Wildman–Crippen MR) is 99.4 cm³/mol. The molecular formula is C19H23NO3S. The van der Waals surface area contributed by atoms with Crippen LogP contribution in [0.5, 0.6) is 11.5 Å². The molecule has 128 valence electrons. The second kappa shape index (κ2) is 8.11. The molecule has 1 atom stereocenters.